The van der Waals surface area contributed by atoms with Gasteiger partial charge in [0.05, 0.1) is 0 Å². The zero-order valence-corrected chi connectivity index (χ0v) is 33.0. The van der Waals surface area contributed by atoms with Crippen LogP contribution in [0.5, 0.6) is 0 Å². The minimum absolute atomic E-state index is 0. The van der Waals surface area contributed by atoms with Gasteiger partial charge in [-0.3, -0.25) is 0 Å². The Hall–Kier alpha value is -3.41. The summed E-state index contributed by atoms with van der Waals surface area (Å²) in [6.07, 6.45) is 6.29. The van der Waals surface area contributed by atoms with Crippen LogP contribution in [-0.2, 0) is 20.1 Å². The van der Waals surface area contributed by atoms with E-state index < -0.39 is 13.3 Å². The topological polar surface area (TPSA) is 25.8 Å². The maximum Gasteiger partial charge on any atom is 0 e. The molecular weight excluding hydrogens is 829 g/mol. The molecule has 7 aromatic rings. The van der Waals surface area contributed by atoms with Gasteiger partial charge >= 0.3 is 99.8 Å². The van der Waals surface area contributed by atoms with Crippen LogP contribution in [-0.4, -0.2) is 23.2 Å². The molecule has 0 aliphatic heterocycles. The number of hydrogen-bond acceptors (Lipinski definition) is 3. The van der Waals surface area contributed by atoms with E-state index in [0.717, 1.165) is 35.4 Å². The number of hydrogen-bond donors (Lipinski definition) is 0. The van der Waals surface area contributed by atoms with Crippen LogP contribution in [0.15, 0.2) is 122 Å². The van der Waals surface area contributed by atoms with Crippen molar-refractivity contribution in [2.24, 2.45) is 0 Å². The Morgan fingerprint density at radius 2 is 1.45 bits per heavy atom. The second kappa shape index (κ2) is 15.7. The standard InChI is InChI=1S/C28H24NS.C14H16GeN.Ir/c1-3-19(4-2)22-14-15-29-26(18-22)23-11-13-28-25(17-23)24-16-21(10-12-27(24)30-28)20-8-6-5-7-9-20;1-15(2,3)13-9-10-14(16-11-13)12-7-5-4-6-8-12;/h5-10,12-19H,3-4H2,1-2H3;4-7,9-11H,1-3H3;/q2*-1;. The first-order valence-electron chi connectivity index (χ1n) is 16.2. The Labute approximate surface area is 300 Å². The Morgan fingerprint density at radius 1 is 0.681 bits per heavy atom. The molecule has 0 amide bonds. The molecule has 7 rings (SSSR count). The first kappa shape index (κ1) is 34.9. The van der Waals surface area contributed by atoms with Crippen LogP contribution < -0.4 is 4.40 Å². The average molecular weight is 870 g/mol. The molecule has 0 aliphatic carbocycles. The van der Waals surface area contributed by atoms with Crippen molar-refractivity contribution in [3.63, 3.8) is 0 Å². The van der Waals surface area contributed by atoms with E-state index in [9.17, 15) is 0 Å². The van der Waals surface area contributed by atoms with E-state index >= 15 is 0 Å². The molecule has 0 spiro atoms. The van der Waals surface area contributed by atoms with E-state index in [1.807, 2.05) is 48.0 Å². The summed E-state index contributed by atoms with van der Waals surface area (Å²) < 4.78 is 4.03. The fraction of sp³-hybridized carbons (Fsp3) is 0.190. The molecule has 239 valence electrons. The number of aromatic nitrogens is 2. The van der Waals surface area contributed by atoms with Crippen LogP contribution in [0.1, 0.15) is 38.2 Å². The maximum absolute atomic E-state index is 4.67. The van der Waals surface area contributed by atoms with E-state index in [1.54, 1.807) is 0 Å². The van der Waals surface area contributed by atoms with Gasteiger partial charge in [-0.2, -0.15) is 11.3 Å². The first-order valence-corrected chi connectivity index (χ1v) is 24.3. The van der Waals surface area contributed by atoms with Gasteiger partial charge in [0.2, 0.25) is 0 Å². The van der Waals surface area contributed by atoms with Gasteiger partial charge in [0, 0.05) is 31.0 Å². The van der Waals surface area contributed by atoms with Gasteiger partial charge in [-0.1, -0.05) is 67.3 Å². The van der Waals surface area contributed by atoms with Gasteiger partial charge in [0.25, 0.3) is 0 Å². The fourth-order valence-corrected chi connectivity index (χ4v) is 9.06. The maximum atomic E-state index is 4.67. The smallest absolute Gasteiger partial charge is 0 e. The molecule has 4 aromatic carbocycles. The quantitative estimate of drug-likeness (QED) is 0.118. The zero-order chi connectivity index (χ0) is 32.1. The fourth-order valence-electron chi connectivity index (χ4n) is 5.84. The van der Waals surface area contributed by atoms with Gasteiger partial charge in [0.15, 0.2) is 0 Å². The van der Waals surface area contributed by atoms with E-state index in [4.69, 9.17) is 0 Å². The summed E-state index contributed by atoms with van der Waals surface area (Å²) >= 11 is 0.117. The molecule has 2 nitrogen and oxygen atoms in total. The third-order valence-corrected chi connectivity index (χ3v) is 14.0. The summed E-state index contributed by atoms with van der Waals surface area (Å²) in [5.74, 6) is 7.73. The Morgan fingerprint density at radius 3 is 2.13 bits per heavy atom. The summed E-state index contributed by atoms with van der Waals surface area (Å²) in [6.45, 7) is 4.52. The predicted molar refractivity (Wildman–Crippen MR) is 202 cm³/mol. The number of benzene rings is 4. The molecule has 1 radical (unpaired) electrons. The van der Waals surface area contributed by atoms with E-state index in [1.165, 1.54) is 41.3 Å². The molecule has 0 N–H and O–H groups in total. The monoisotopic (exact) mass is 871 g/mol. The van der Waals surface area contributed by atoms with Crippen LogP contribution in [0.25, 0.3) is 53.8 Å². The predicted octanol–water partition coefficient (Wildman–Crippen LogP) is 11.6. The largest absolute Gasteiger partial charge is 0 e. The SMILES string of the molecule is CCC(CC)c1ccnc(-c2[c-]cc3sc4ccc(-c5ccccc5)cc4c3c2)c1.[CH3][Ge]([CH3])([CH3])[c]1ccc(-c2[c-]cccc2)nc1.[Ir]. The molecule has 0 fully saturated rings. The average Bonchev–Trinajstić information content (AvgIpc) is 3.47. The van der Waals surface area contributed by atoms with Crippen molar-refractivity contribution in [2.45, 2.75) is 49.9 Å². The second-order valence-electron chi connectivity index (χ2n) is 12.7. The Balaban J connectivity index is 0.000000217. The van der Waals surface area contributed by atoms with Crippen molar-refractivity contribution in [1.29, 1.82) is 0 Å². The van der Waals surface area contributed by atoms with Gasteiger partial charge in [-0.05, 0) is 63.9 Å². The number of rotatable bonds is 7. The van der Waals surface area contributed by atoms with Crippen molar-refractivity contribution in [2.75, 3.05) is 0 Å². The van der Waals surface area contributed by atoms with E-state index in [2.05, 4.69) is 138 Å². The van der Waals surface area contributed by atoms with Gasteiger partial charge in [0.1, 0.15) is 0 Å². The minimum atomic E-state index is -1.72. The molecule has 3 aromatic heterocycles. The zero-order valence-electron chi connectivity index (χ0n) is 27.7. The van der Waals surface area contributed by atoms with Crippen LogP contribution in [0.4, 0.5) is 0 Å². The Kier molecular flexibility index (Phi) is 11.6. The van der Waals surface area contributed by atoms with Gasteiger partial charge < -0.3 is 4.98 Å². The molecule has 3 heterocycles. The van der Waals surface area contributed by atoms with Crippen LogP contribution in [0, 0.1) is 12.1 Å². The van der Waals surface area contributed by atoms with Crippen LogP contribution in [0.2, 0.25) is 17.3 Å². The number of fused-ring (bicyclic) bond motifs is 3. The number of thiophene rings is 1. The normalized spacial score (nSPS) is 11.3. The van der Waals surface area contributed by atoms with E-state index in [0.29, 0.717) is 5.92 Å². The summed E-state index contributed by atoms with van der Waals surface area (Å²) in [5.41, 5.74) is 8.04. The Bertz CT molecular complexity index is 2050. The molecule has 0 saturated heterocycles. The van der Waals surface area contributed by atoms with Crippen LogP contribution >= 0.6 is 11.3 Å². The summed E-state index contributed by atoms with van der Waals surface area (Å²) in [5, 5.41) is 2.60. The molecule has 0 bridgehead atoms. The number of pyridine rings is 2. The molecule has 5 heteroatoms. The summed E-state index contributed by atoms with van der Waals surface area (Å²) in [4.78, 5) is 9.20. The molecule has 0 aliphatic rings. The third kappa shape index (κ3) is 8.19. The minimum Gasteiger partial charge on any atom is 0 e. The van der Waals surface area contributed by atoms with Crippen molar-refractivity contribution in [3.8, 4) is 33.6 Å². The van der Waals surface area contributed by atoms with Crippen LogP contribution in [0.3, 0.4) is 0 Å². The first-order chi connectivity index (χ1) is 22.3. The molecule has 0 atom stereocenters. The molecule has 0 unspecified atom stereocenters. The van der Waals surface area contributed by atoms with Crippen molar-refractivity contribution < 1.29 is 20.1 Å². The third-order valence-electron chi connectivity index (χ3n) is 8.64. The van der Waals surface area contributed by atoms with Gasteiger partial charge in [-0.15, -0.1) is 23.8 Å². The number of nitrogens with zero attached hydrogens (tertiary/aromatic N) is 2. The summed E-state index contributed by atoms with van der Waals surface area (Å²) in [6, 6.07) is 45.1. The van der Waals surface area contributed by atoms with E-state index in [-0.39, 0.29) is 20.1 Å². The molecular formula is C42H40GeIrN2S-2. The second-order valence-corrected chi connectivity index (χ2v) is 24.5. The van der Waals surface area contributed by atoms with Crippen molar-refractivity contribution >= 4 is 49.2 Å². The van der Waals surface area contributed by atoms with Crippen molar-refractivity contribution in [1.82, 2.24) is 9.97 Å². The molecule has 0 saturated carbocycles. The van der Waals surface area contributed by atoms with Gasteiger partial charge in [-0.25, -0.2) is 0 Å². The molecule has 47 heavy (non-hydrogen) atoms. The van der Waals surface area contributed by atoms with Crippen molar-refractivity contribution in [3.05, 3.63) is 139 Å². The summed E-state index contributed by atoms with van der Waals surface area (Å²) in [7, 11) is 0.